The normalized spacial score (nSPS) is 10.6. The number of hydrogen-bond acceptors (Lipinski definition) is 5. The second kappa shape index (κ2) is 5.81. The van der Waals surface area contributed by atoms with E-state index in [1.165, 1.54) is 7.11 Å². The van der Waals surface area contributed by atoms with Gasteiger partial charge in [-0.3, -0.25) is 9.48 Å². The fourth-order valence-electron chi connectivity index (χ4n) is 2.09. The molecule has 0 aliphatic rings. The lowest BCUT2D eigenvalue weighted by Gasteiger charge is -2.09. The summed E-state index contributed by atoms with van der Waals surface area (Å²) in [4.78, 5) is 12.8. The molecule has 0 aliphatic carbocycles. The number of aryl methyl sites for hydroxylation is 3. The predicted molar refractivity (Wildman–Crippen MR) is 74.0 cm³/mol. The summed E-state index contributed by atoms with van der Waals surface area (Å²) in [6, 6.07) is 1.76. The number of ether oxygens (including phenoxy) is 1. The second-order valence-electron chi connectivity index (χ2n) is 4.41. The Morgan fingerprint density at radius 2 is 2.10 bits per heavy atom. The van der Waals surface area contributed by atoms with Crippen LogP contribution in [0.15, 0.2) is 12.3 Å². The molecular weight excluding hydrogens is 256 g/mol. The molecule has 0 saturated carbocycles. The molecule has 2 aromatic heterocycles. The zero-order valence-electron chi connectivity index (χ0n) is 12.2. The number of rotatable bonds is 5. The van der Waals surface area contributed by atoms with Crippen LogP contribution in [0, 0.1) is 6.92 Å². The van der Waals surface area contributed by atoms with Crippen molar-refractivity contribution in [1.29, 1.82) is 0 Å². The van der Waals surface area contributed by atoms with Crippen molar-refractivity contribution in [3.05, 3.63) is 34.9 Å². The van der Waals surface area contributed by atoms with Gasteiger partial charge in [0.25, 0.3) is 0 Å². The van der Waals surface area contributed by atoms with Crippen LogP contribution < -0.4 is 4.74 Å². The Morgan fingerprint density at radius 3 is 2.70 bits per heavy atom. The van der Waals surface area contributed by atoms with Crippen LogP contribution in [0.3, 0.4) is 0 Å². The molecule has 0 saturated heterocycles. The standard InChI is InChI=1S/C14H18N4O2/c1-5-11-10(7-9(3)16-17-11)14(19)13-12(20-4)8-15-18(13)6-2/h7-8H,5-6H2,1-4H3. The minimum atomic E-state index is -0.129. The predicted octanol–water partition coefficient (Wildman–Crippen LogP) is 1.80. The molecule has 0 N–H and O–H groups in total. The van der Waals surface area contributed by atoms with E-state index in [2.05, 4.69) is 15.3 Å². The Kier molecular flexibility index (Phi) is 4.12. The summed E-state index contributed by atoms with van der Waals surface area (Å²) < 4.78 is 6.87. The van der Waals surface area contributed by atoms with Gasteiger partial charge in [-0.05, 0) is 26.3 Å². The first-order valence-electron chi connectivity index (χ1n) is 6.60. The van der Waals surface area contributed by atoms with Crippen LogP contribution in [0.2, 0.25) is 0 Å². The van der Waals surface area contributed by atoms with Gasteiger partial charge in [-0.15, -0.1) is 0 Å². The molecular formula is C14H18N4O2. The highest BCUT2D eigenvalue weighted by atomic mass is 16.5. The van der Waals surface area contributed by atoms with E-state index in [0.717, 1.165) is 0 Å². The first-order chi connectivity index (χ1) is 9.62. The van der Waals surface area contributed by atoms with E-state index < -0.39 is 0 Å². The fraction of sp³-hybridized carbons (Fsp3) is 0.429. The molecule has 0 aliphatic heterocycles. The lowest BCUT2D eigenvalue weighted by molar-refractivity contribution is 0.102. The number of nitrogens with zero attached hydrogens (tertiary/aromatic N) is 4. The van der Waals surface area contributed by atoms with Crippen molar-refractivity contribution in [1.82, 2.24) is 20.0 Å². The number of aromatic nitrogens is 4. The van der Waals surface area contributed by atoms with Crippen LogP contribution in [0.25, 0.3) is 0 Å². The first kappa shape index (κ1) is 14.2. The molecule has 0 atom stereocenters. The maximum absolute atomic E-state index is 12.8. The lowest BCUT2D eigenvalue weighted by Crippen LogP contribution is -2.15. The molecule has 0 radical (unpaired) electrons. The van der Waals surface area contributed by atoms with Crippen molar-refractivity contribution in [2.45, 2.75) is 33.7 Å². The average Bonchev–Trinajstić information content (AvgIpc) is 2.89. The van der Waals surface area contributed by atoms with Crippen molar-refractivity contribution in [2.24, 2.45) is 0 Å². The van der Waals surface area contributed by atoms with E-state index in [4.69, 9.17) is 4.74 Å². The molecule has 6 heteroatoms. The highest BCUT2D eigenvalue weighted by Gasteiger charge is 2.23. The van der Waals surface area contributed by atoms with E-state index >= 15 is 0 Å². The molecule has 2 heterocycles. The Balaban J connectivity index is 2.56. The molecule has 0 spiro atoms. The maximum Gasteiger partial charge on any atom is 0.216 e. The molecule has 20 heavy (non-hydrogen) atoms. The molecule has 106 valence electrons. The molecule has 0 bridgehead atoms. The first-order valence-corrected chi connectivity index (χ1v) is 6.60. The zero-order chi connectivity index (χ0) is 14.7. The fourth-order valence-corrected chi connectivity index (χ4v) is 2.09. The van der Waals surface area contributed by atoms with Crippen molar-refractivity contribution in [3.63, 3.8) is 0 Å². The molecule has 0 fully saturated rings. The van der Waals surface area contributed by atoms with Crippen LogP contribution in [0.1, 0.15) is 41.3 Å². The average molecular weight is 274 g/mol. The molecule has 0 amide bonds. The molecule has 6 nitrogen and oxygen atoms in total. The Labute approximate surface area is 117 Å². The third-order valence-corrected chi connectivity index (χ3v) is 3.11. The van der Waals surface area contributed by atoms with Crippen LogP contribution in [0.4, 0.5) is 0 Å². The van der Waals surface area contributed by atoms with E-state index in [0.29, 0.717) is 41.4 Å². The van der Waals surface area contributed by atoms with E-state index in [1.54, 1.807) is 16.9 Å². The molecule has 2 rings (SSSR count). The van der Waals surface area contributed by atoms with Gasteiger partial charge in [-0.25, -0.2) is 0 Å². The van der Waals surface area contributed by atoms with Gasteiger partial charge in [-0.1, -0.05) is 6.92 Å². The van der Waals surface area contributed by atoms with E-state index in [-0.39, 0.29) is 5.78 Å². The minimum Gasteiger partial charge on any atom is -0.493 e. The van der Waals surface area contributed by atoms with Crippen molar-refractivity contribution in [2.75, 3.05) is 7.11 Å². The van der Waals surface area contributed by atoms with Gasteiger partial charge < -0.3 is 4.74 Å². The van der Waals surface area contributed by atoms with Crippen molar-refractivity contribution >= 4 is 5.78 Å². The summed E-state index contributed by atoms with van der Waals surface area (Å²) in [6.45, 7) is 6.30. The zero-order valence-corrected chi connectivity index (χ0v) is 12.2. The molecule has 0 aromatic carbocycles. The molecule has 2 aromatic rings. The largest absolute Gasteiger partial charge is 0.493 e. The van der Waals surface area contributed by atoms with Gasteiger partial charge in [0, 0.05) is 12.1 Å². The number of carbonyl (C=O) groups excluding carboxylic acids is 1. The highest BCUT2D eigenvalue weighted by Crippen LogP contribution is 2.22. The summed E-state index contributed by atoms with van der Waals surface area (Å²) in [5.41, 5.74) is 2.42. The SMILES string of the molecule is CCc1nnc(C)cc1C(=O)c1c(OC)cnn1CC. The Hall–Kier alpha value is -2.24. The molecule has 0 unspecified atom stereocenters. The van der Waals surface area contributed by atoms with Crippen LogP contribution in [0.5, 0.6) is 5.75 Å². The summed E-state index contributed by atoms with van der Waals surface area (Å²) in [6.07, 6.45) is 2.21. The van der Waals surface area contributed by atoms with Gasteiger partial charge in [0.1, 0.15) is 0 Å². The lowest BCUT2D eigenvalue weighted by atomic mass is 10.0. The number of ketones is 1. The van der Waals surface area contributed by atoms with Gasteiger partial charge in [0.15, 0.2) is 11.4 Å². The summed E-state index contributed by atoms with van der Waals surface area (Å²) in [7, 11) is 1.53. The maximum atomic E-state index is 12.8. The summed E-state index contributed by atoms with van der Waals surface area (Å²) in [5.74, 6) is 0.351. The third-order valence-electron chi connectivity index (χ3n) is 3.11. The van der Waals surface area contributed by atoms with E-state index in [1.807, 2.05) is 20.8 Å². The van der Waals surface area contributed by atoms with Gasteiger partial charge in [0.05, 0.1) is 24.7 Å². The van der Waals surface area contributed by atoms with Crippen LogP contribution in [-0.4, -0.2) is 32.9 Å². The topological polar surface area (TPSA) is 69.9 Å². The monoisotopic (exact) mass is 274 g/mol. The van der Waals surface area contributed by atoms with Crippen molar-refractivity contribution < 1.29 is 9.53 Å². The number of methoxy groups -OCH3 is 1. The quantitative estimate of drug-likeness (QED) is 0.778. The van der Waals surface area contributed by atoms with Crippen LogP contribution in [-0.2, 0) is 13.0 Å². The van der Waals surface area contributed by atoms with Gasteiger partial charge >= 0.3 is 0 Å². The van der Waals surface area contributed by atoms with Crippen LogP contribution >= 0.6 is 0 Å². The smallest absolute Gasteiger partial charge is 0.216 e. The van der Waals surface area contributed by atoms with Gasteiger partial charge in [-0.2, -0.15) is 15.3 Å². The number of hydrogen-bond donors (Lipinski definition) is 0. The summed E-state index contributed by atoms with van der Waals surface area (Å²) in [5, 5.41) is 12.3. The highest BCUT2D eigenvalue weighted by molar-refractivity contribution is 6.10. The minimum absolute atomic E-state index is 0.129. The van der Waals surface area contributed by atoms with Crippen molar-refractivity contribution in [3.8, 4) is 5.75 Å². The Bertz CT molecular complexity index is 613. The van der Waals surface area contributed by atoms with Gasteiger partial charge in [0.2, 0.25) is 5.78 Å². The summed E-state index contributed by atoms with van der Waals surface area (Å²) >= 11 is 0. The van der Waals surface area contributed by atoms with E-state index in [9.17, 15) is 4.79 Å². The third kappa shape index (κ3) is 2.41. The second-order valence-corrected chi connectivity index (χ2v) is 4.41. The Morgan fingerprint density at radius 1 is 1.35 bits per heavy atom. The number of carbonyl (C=O) groups is 1.